The zero-order valence-electron chi connectivity index (χ0n) is 44.9. The minimum Gasteiger partial charge on any atom is -0.508 e. The van der Waals surface area contributed by atoms with Gasteiger partial charge in [0.25, 0.3) is 5.91 Å². The highest BCUT2D eigenvalue weighted by atomic mass is 19.1. The molecule has 1 aromatic heterocycles. The maximum absolute atomic E-state index is 15.1. The van der Waals surface area contributed by atoms with E-state index in [9.17, 15) is 24.3 Å². The van der Waals surface area contributed by atoms with E-state index in [4.69, 9.17) is 18.9 Å². The highest BCUT2D eigenvalue weighted by Gasteiger charge is 2.39. The van der Waals surface area contributed by atoms with Gasteiger partial charge in [0.1, 0.15) is 36.6 Å². The van der Waals surface area contributed by atoms with Crippen molar-refractivity contribution in [1.29, 1.82) is 0 Å². The summed E-state index contributed by atoms with van der Waals surface area (Å²) < 4.78 is 37.8. The maximum atomic E-state index is 15.1. The molecular weight excluding hydrogens is 980 g/mol. The maximum Gasteiger partial charge on any atom is 0.254 e. The number of nitrogens with zero attached hydrogens (tertiary/aromatic N) is 3. The first-order chi connectivity index (χ1) is 37.4. The van der Waals surface area contributed by atoms with E-state index in [0.717, 1.165) is 79.2 Å². The minimum absolute atomic E-state index is 0.0711. The van der Waals surface area contributed by atoms with Gasteiger partial charge in [-0.2, -0.15) is 0 Å². The van der Waals surface area contributed by atoms with Crippen LogP contribution < -0.4 is 20.7 Å². The van der Waals surface area contributed by atoms with Gasteiger partial charge in [-0.15, -0.1) is 0 Å². The topological polar surface area (TPSA) is 181 Å². The molecule has 1 aliphatic heterocycles. The number of phenols is 1. The molecule has 2 fully saturated rings. The second-order valence-electron chi connectivity index (χ2n) is 19.6. The summed E-state index contributed by atoms with van der Waals surface area (Å²) in [4.78, 5) is 61.2. The van der Waals surface area contributed by atoms with Crippen LogP contribution >= 0.6 is 0 Å². The molecule has 2 aliphatic rings. The molecule has 2 heterocycles. The van der Waals surface area contributed by atoms with Crippen LogP contribution in [0.15, 0.2) is 116 Å². The summed E-state index contributed by atoms with van der Waals surface area (Å²) in [6, 6.07) is 30.5. The summed E-state index contributed by atoms with van der Waals surface area (Å²) in [6.45, 7) is 6.38. The van der Waals surface area contributed by atoms with Gasteiger partial charge in [-0.1, -0.05) is 86.8 Å². The number of carbonyl (C=O) groups excluding carboxylic acids is 4. The second kappa shape index (κ2) is 29.5. The summed E-state index contributed by atoms with van der Waals surface area (Å²) in [5.41, 5.74) is 7.45. The molecule has 3 unspecified atom stereocenters. The summed E-state index contributed by atoms with van der Waals surface area (Å²) in [5, 5.41) is 18.7. The molecule has 410 valence electrons. The first-order valence-electron chi connectivity index (χ1n) is 27.0. The lowest BCUT2D eigenvalue weighted by molar-refractivity contribution is -0.139. The van der Waals surface area contributed by atoms with Crippen LogP contribution in [-0.4, -0.2) is 136 Å². The number of rotatable bonds is 27. The molecule has 0 radical (unpaired) electrons. The van der Waals surface area contributed by atoms with Gasteiger partial charge in [0.05, 0.1) is 57.2 Å². The van der Waals surface area contributed by atoms with Crippen LogP contribution in [0.2, 0.25) is 0 Å². The monoisotopic (exact) mass is 1050 g/mol. The number of likely N-dealkylation sites (tertiary alicyclic amines) is 1. The van der Waals surface area contributed by atoms with E-state index in [1.165, 1.54) is 17.7 Å². The predicted octanol–water partition coefficient (Wildman–Crippen LogP) is 8.62. The van der Waals surface area contributed by atoms with Crippen molar-refractivity contribution in [2.75, 3.05) is 80.0 Å². The summed E-state index contributed by atoms with van der Waals surface area (Å²) in [5.74, 6) is -0.733. The largest absolute Gasteiger partial charge is 0.508 e. The zero-order chi connectivity index (χ0) is 54.5. The average molecular weight is 1060 g/mol. The zero-order valence-corrected chi connectivity index (χ0v) is 44.9. The van der Waals surface area contributed by atoms with Crippen LogP contribution in [0.3, 0.4) is 0 Å². The highest BCUT2D eigenvalue weighted by molar-refractivity contribution is 5.99. The van der Waals surface area contributed by atoms with E-state index in [1.807, 2.05) is 65.6 Å². The number of phenolic OH excluding ortho intramolecular Hbond substituents is 1. The van der Waals surface area contributed by atoms with Crippen LogP contribution in [0.5, 0.6) is 11.5 Å². The number of benzene rings is 4. The number of hydrogen-bond acceptors (Lipinski definition) is 11. The molecule has 3 atom stereocenters. The van der Waals surface area contributed by atoms with Crippen LogP contribution in [-0.2, 0) is 28.6 Å². The Morgan fingerprint density at radius 3 is 2.17 bits per heavy atom. The fraction of sp³-hybridized carbons (Fsp3) is 0.426. The number of aromatic nitrogens is 1. The van der Waals surface area contributed by atoms with Crippen molar-refractivity contribution >= 4 is 34.8 Å². The van der Waals surface area contributed by atoms with E-state index in [1.54, 1.807) is 56.5 Å². The molecule has 4 aromatic carbocycles. The number of pyridine rings is 1. The van der Waals surface area contributed by atoms with E-state index in [-0.39, 0.29) is 87.2 Å². The molecule has 4 amide bonds. The van der Waals surface area contributed by atoms with Crippen molar-refractivity contribution in [3.63, 3.8) is 0 Å². The average Bonchev–Trinajstić information content (AvgIpc) is 3.98. The van der Waals surface area contributed by atoms with E-state index in [0.29, 0.717) is 36.6 Å². The van der Waals surface area contributed by atoms with Crippen molar-refractivity contribution in [2.24, 2.45) is 5.92 Å². The Labute approximate surface area is 452 Å². The smallest absolute Gasteiger partial charge is 0.254 e. The predicted molar refractivity (Wildman–Crippen MR) is 295 cm³/mol. The van der Waals surface area contributed by atoms with Crippen molar-refractivity contribution in [3.8, 4) is 22.6 Å². The summed E-state index contributed by atoms with van der Waals surface area (Å²) in [6.07, 6.45) is 10.8. The van der Waals surface area contributed by atoms with Crippen LogP contribution in [0.1, 0.15) is 104 Å². The van der Waals surface area contributed by atoms with Gasteiger partial charge in [-0.05, 0) is 133 Å². The molecule has 1 saturated carbocycles. The van der Waals surface area contributed by atoms with Gasteiger partial charge in [-0.25, -0.2) is 4.39 Å². The molecule has 77 heavy (non-hydrogen) atoms. The van der Waals surface area contributed by atoms with Crippen LogP contribution in [0.4, 0.5) is 4.39 Å². The highest BCUT2D eigenvalue weighted by Crippen LogP contribution is 2.38. The van der Waals surface area contributed by atoms with Crippen LogP contribution in [0.25, 0.3) is 22.3 Å². The second-order valence-corrected chi connectivity index (χ2v) is 19.6. The molecule has 5 aromatic rings. The molecule has 4 N–H and O–H groups in total. The Morgan fingerprint density at radius 1 is 0.779 bits per heavy atom. The van der Waals surface area contributed by atoms with Crippen molar-refractivity contribution in [3.05, 3.63) is 149 Å². The lowest BCUT2D eigenvalue weighted by atomic mass is 9.83. The van der Waals surface area contributed by atoms with Crippen LogP contribution in [0, 0.1) is 11.7 Å². The van der Waals surface area contributed by atoms with E-state index >= 15 is 4.39 Å². The number of hydrogen-bond donors (Lipinski definition) is 4. The first-order valence-corrected chi connectivity index (χ1v) is 27.0. The molecular formula is C61H75FN6O9. The molecule has 1 saturated heterocycles. The van der Waals surface area contributed by atoms with Crippen molar-refractivity contribution in [1.82, 2.24) is 30.7 Å². The number of halogens is 1. The molecule has 16 heteroatoms. The van der Waals surface area contributed by atoms with E-state index < -0.39 is 23.8 Å². The van der Waals surface area contributed by atoms with Gasteiger partial charge < -0.3 is 49.8 Å². The summed E-state index contributed by atoms with van der Waals surface area (Å²) in [7, 11) is 3.43. The van der Waals surface area contributed by atoms with Gasteiger partial charge in [0, 0.05) is 38.1 Å². The van der Waals surface area contributed by atoms with Gasteiger partial charge in [-0.3, -0.25) is 24.2 Å². The number of nitrogens with one attached hydrogen (secondary N) is 3. The lowest BCUT2D eigenvalue weighted by Crippen LogP contribution is -2.55. The number of ether oxygens (including phenoxy) is 4. The molecule has 0 bridgehead atoms. The number of carbonyl (C=O) groups is 4. The quantitative estimate of drug-likeness (QED) is 0.0292. The van der Waals surface area contributed by atoms with Crippen molar-refractivity contribution < 1.29 is 47.6 Å². The Morgan fingerprint density at radius 2 is 1.47 bits per heavy atom. The standard InChI is InChI=1S/C61H75FN6O9/c1-5-52(43-13-8-6-9-14-43)57(44-18-23-50(69)24-19-44)45-20-25-51(26-21-45)77-32-30-67(4)56(70)41-76-36-35-75-34-33-74-31-28-65-60(72)53-38-47(22-27-54(53)62)48-37-49(40-64-39-48)55-17-12-29-68(55)61(73)58(46-15-10-7-11-16-46)66-59(71)42(2)63-3/h6,8-9,13-14,18-27,37-40,42,46,55,58,63,69H,5,7,10-12,15-17,28-36,41H2,1-4H3,(H,65,72)(H,66,71). The number of amides is 4. The Bertz CT molecular complexity index is 2740. The molecule has 1 aliphatic carbocycles. The lowest BCUT2D eigenvalue weighted by Gasteiger charge is -2.35. The van der Waals surface area contributed by atoms with Gasteiger partial charge in [0.2, 0.25) is 17.7 Å². The first kappa shape index (κ1) is 57.7. The van der Waals surface area contributed by atoms with E-state index in [2.05, 4.69) is 40.0 Å². The minimum atomic E-state index is -0.663. The third-order valence-electron chi connectivity index (χ3n) is 14.4. The normalized spacial score (nSPS) is 15.8. The number of aromatic hydroxyl groups is 1. The Balaban J connectivity index is 0.781. The molecule has 0 spiro atoms. The molecule has 15 nitrogen and oxygen atoms in total. The molecule has 7 rings (SSSR count). The fourth-order valence-corrected chi connectivity index (χ4v) is 9.98. The Kier molecular flexibility index (Phi) is 22.1. The Hall–Kier alpha value is -6.98. The van der Waals surface area contributed by atoms with Crippen molar-refractivity contribution in [2.45, 2.75) is 83.3 Å². The van der Waals surface area contributed by atoms with Gasteiger partial charge >= 0.3 is 0 Å². The third-order valence-corrected chi connectivity index (χ3v) is 14.4. The fourth-order valence-electron chi connectivity index (χ4n) is 9.98. The SMILES string of the molecule is CCC(=C(c1ccc(O)cc1)c1ccc(OCCN(C)C(=O)COCCOCCOCCNC(=O)c2cc(-c3cncc(C4CCCN4C(=O)C(NC(=O)C(C)NC)C4CCCCC4)c3)ccc2F)cc1)c1ccccc1. The third kappa shape index (κ3) is 16.3. The summed E-state index contributed by atoms with van der Waals surface area (Å²) >= 11 is 0. The number of allylic oxidation sites excluding steroid dienone is 1. The van der Waals surface area contributed by atoms with Gasteiger partial charge in [0.15, 0.2) is 0 Å². The number of likely N-dealkylation sites (N-methyl/N-ethyl adjacent to an activating group) is 2.